The molecule has 8 rings (SSSR count). The Labute approximate surface area is 333 Å². The third kappa shape index (κ3) is 9.98. The zero-order valence-corrected chi connectivity index (χ0v) is 34.2. The van der Waals surface area contributed by atoms with E-state index in [1.54, 1.807) is 23.3 Å². The largest absolute Gasteiger partial charge is 1.00 e. The number of hydrogen-bond donors (Lipinski definition) is 0. The van der Waals surface area contributed by atoms with E-state index in [0.29, 0.717) is 0 Å². The molecule has 0 radical (unpaired) electrons. The molecule has 0 heterocycles. The Bertz CT molecular complexity index is 2110. The van der Waals surface area contributed by atoms with Crippen LogP contribution in [0, 0.1) is 13.8 Å². The van der Waals surface area contributed by atoms with Crippen LogP contribution in [-0.4, -0.2) is 5.43 Å². The van der Waals surface area contributed by atoms with Crippen LogP contribution in [-0.2, 0) is 23.3 Å². The fourth-order valence-electron chi connectivity index (χ4n) is 5.91. The van der Waals surface area contributed by atoms with Gasteiger partial charge in [0.1, 0.15) is 0 Å². The Morgan fingerprint density at radius 1 is 0.460 bits per heavy atom. The molecule has 0 unspecified atom stereocenters. The Kier molecular flexibility index (Phi) is 14.9. The van der Waals surface area contributed by atoms with Crippen LogP contribution in [0.4, 0.5) is 0 Å². The van der Waals surface area contributed by atoms with Gasteiger partial charge in [-0.2, -0.15) is 12.1 Å². The maximum atomic E-state index is 5.88. The van der Waals surface area contributed by atoms with E-state index in [1.807, 2.05) is 24.3 Å². The molecule has 0 saturated carbocycles. The van der Waals surface area contributed by atoms with Gasteiger partial charge in [0.25, 0.3) is 0 Å². The van der Waals surface area contributed by atoms with Crippen molar-refractivity contribution in [2.24, 2.45) is 0 Å². The van der Waals surface area contributed by atoms with Crippen LogP contribution >= 0.6 is 23.2 Å². The quantitative estimate of drug-likeness (QED) is 0.158. The molecule has 0 amide bonds. The first-order valence-electron chi connectivity index (χ1n) is 15.9. The summed E-state index contributed by atoms with van der Waals surface area (Å²) in [6.07, 6.45) is 0. The number of halogens is 4. The van der Waals surface area contributed by atoms with Crippen LogP contribution in [0.1, 0.15) is 11.1 Å². The fourth-order valence-corrected chi connectivity index (χ4v) is 9.95. The number of benzene rings is 6. The second-order valence-corrected chi connectivity index (χ2v) is 18.3. The van der Waals surface area contributed by atoms with Gasteiger partial charge in [-0.15, -0.1) is 69.1 Å². The standard InChI is InChI=1S/2C16H13.C12H8Cl2Si.2ClH.Zr/c2*1-12-10-14-8-5-9-15(16(14)11-12)13-6-3-2-4-7-13;13-9-1-5-11(6-2-9)15-12-7-3-10(14)4-8-12;;;/h2*2-11H,1H3;1-8H;2*1H;/q2*-1;;;;+2/p-2. The second kappa shape index (κ2) is 18.9. The van der Waals surface area contributed by atoms with Crippen LogP contribution in [0.2, 0.25) is 10.0 Å². The number of aryl methyl sites for hydroxylation is 2. The molecular weight excluding hydrogens is 790 g/mol. The Morgan fingerprint density at radius 2 is 0.820 bits per heavy atom. The topological polar surface area (TPSA) is 0 Å². The first-order valence-corrected chi connectivity index (χ1v) is 21.8. The van der Waals surface area contributed by atoms with E-state index in [1.165, 1.54) is 65.3 Å². The summed E-state index contributed by atoms with van der Waals surface area (Å²) in [5.74, 6) is 0. The normalized spacial score (nSPS) is 10.2. The van der Waals surface area contributed by atoms with E-state index < -0.39 is 5.43 Å². The predicted molar refractivity (Wildman–Crippen MR) is 207 cm³/mol. The summed E-state index contributed by atoms with van der Waals surface area (Å²) in [5, 5.41) is 9.76. The first kappa shape index (κ1) is 39.6. The van der Waals surface area contributed by atoms with Crippen LogP contribution < -0.4 is 35.2 Å². The van der Waals surface area contributed by atoms with Crippen LogP contribution in [0.5, 0.6) is 0 Å². The maximum absolute atomic E-state index is 5.88. The summed E-state index contributed by atoms with van der Waals surface area (Å²) in [5.41, 5.74) is 7.29. The summed E-state index contributed by atoms with van der Waals surface area (Å²) in [4.78, 5) is 0. The Hall–Kier alpha value is -3.20. The zero-order valence-electron chi connectivity index (χ0n) is 27.7. The number of hydrogen-bond acceptors (Lipinski definition) is 0. The van der Waals surface area contributed by atoms with Crippen molar-refractivity contribution in [3.8, 4) is 22.3 Å². The van der Waals surface area contributed by atoms with E-state index >= 15 is 0 Å². The summed E-state index contributed by atoms with van der Waals surface area (Å²) in [6, 6.07) is 59.4. The molecule has 0 aliphatic carbocycles. The van der Waals surface area contributed by atoms with Crippen molar-refractivity contribution >= 4 is 60.6 Å². The minimum Gasteiger partial charge on any atom is -1.00 e. The molecule has 8 aromatic carbocycles. The van der Waals surface area contributed by atoms with Crippen molar-refractivity contribution < 1.29 is 48.1 Å². The maximum Gasteiger partial charge on any atom is -1.00 e. The van der Waals surface area contributed by atoms with Crippen LogP contribution in [0.15, 0.2) is 170 Å². The van der Waals surface area contributed by atoms with Crippen molar-refractivity contribution in [1.29, 1.82) is 0 Å². The summed E-state index contributed by atoms with van der Waals surface area (Å²) < 4.78 is 0. The SMILES string of the molecule is Cc1cc2c(-c3ccccc3)cccc2[cH-]1.Cc1cc2c(-c3ccccc3)cccc2[cH-]1.Clc1ccc([Si](=[Zr+2])c2ccc(Cl)cc2)cc1.[Cl-].[Cl-]. The molecule has 0 saturated heterocycles. The van der Waals surface area contributed by atoms with Crippen molar-refractivity contribution in [1.82, 2.24) is 0 Å². The van der Waals surface area contributed by atoms with Crippen molar-refractivity contribution in [2.75, 3.05) is 0 Å². The van der Waals surface area contributed by atoms with Gasteiger partial charge in [0, 0.05) is 0 Å². The molecule has 0 fully saturated rings. The van der Waals surface area contributed by atoms with Gasteiger partial charge >= 0.3 is 121 Å². The molecule has 0 nitrogen and oxygen atoms in total. The average Bonchev–Trinajstić information content (AvgIpc) is 3.70. The average molecular weight is 824 g/mol. The second-order valence-electron chi connectivity index (χ2n) is 11.8. The van der Waals surface area contributed by atoms with E-state index in [4.69, 9.17) is 23.2 Å². The molecule has 8 aromatic rings. The van der Waals surface area contributed by atoms with E-state index in [2.05, 4.69) is 159 Å². The fraction of sp³-hybridized carbons (Fsp3) is 0.0455. The summed E-state index contributed by atoms with van der Waals surface area (Å²) in [7, 11) is 0. The Balaban J connectivity index is 0.000000165. The zero-order chi connectivity index (χ0) is 33.5. The van der Waals surface area contributed by atoms with Gasteiger partial charge < -0.3 is 24.8 Å². The Morgan fingerprint density at radius 3 is 1.18 bits per heavy atom. The van der Waals surface area contributed by atoms with Crippen LogP contribution in [0.25, 0.3) is 43.8 Å². The first-order chi connectivity index (χ1) is 23.4. The molecule has 0 aromatic heterocycles. The third-order valence-electron chi connectivity index (χ3n) is 8.23. The molecule has 0 spiro atoms. The van der Waals surface area contributed by atoms with Gasteiger partial charge in [-0.05, 0) is 11.1 Å². The molecule has 0 N–H and O–H groups in total. The summed E-state index contributed by atoms with van der Waals surface area (Å²) in [6.45, 7) is 4.30. The van der Waals surface area contributed by atoms with E-state index in [0.717, 1.165) is 10.0 Å². The molecule has 0 atom stereocenters. The van der Waals surface area contributed by atoms with Gasteiger partial charge in [0.15, 0.2) is 0 Å². The molecule has 6 heteroatoms. The van der Waals surface area contributed by atoms with Gasteiger partial charge in [-0.1, -0.05) is 97.8 Å². The van der Waals surface area contributed by atoms with Gasteiger partial charge in [0.2, 0.25) is 0 Å². The van der Waals surface area contributed by atoms with E-state index in [9.17, 15) is 0 Å². The molecular formula is C44H34Cl4SiZr-2. The van der Waals surface area contributed by atoms with Gasteiger partial charge in [0.05, 0.1) is 0 Å². The monoisotopic (exact) mass is 820 g/mol. The molecule has 50 heavy (non-hydrogen) atoms. The summed E-state index contributed by atoms with van der Waals surface area (Å²) >= 11 is 13.3. The van der Waals surface area contributed by atoms with Crippen molar-refractivity contribution in [2.45, 2.75) is 13.8 Å². The smallest absolute Gasteiger partial charge is 1.00 e. The van der Waals surface area contributed by atoms with Crippen molar-refractivity contribution in [3.63, 3.8) is 0 Å². The van der Waals surface area contributed by atoms with Gasteiger partial charge in [-0.25, -0.2) is 0 Å². The molecule has 0 bridgehead atoms. The predicted octanol–water partition coefficient (Wildman–Crippen LogP) is 5.72. The minimum atomic E-state index is -0.605. The van der Waals surface area contributed by atoms with Gasteiger partial charge in [-0.3, -0.25) is 0 Å². The van der Waals surface area contributed by atoms with Crippen LogP contribution in [0.3, 0.4) is 0 Å². The number of rotatable bonds is 4. The van der Waals surface area contributed by atoms with Crippen molar-refractivity contribution in [3.05, 3.63) is 191 Å². The minimum absolute atomic E-state index is 0. The third-order valence-corrected chi connectivity index (χ3v) is 14.8. The molecule has 0 aliphatic rings. The molecule has 0 aliphatic heterocycles. The van der Waals surface area contributed by atoms with E-state index in [-0.39, 0.29) is 24.8 Å². The number of fused-ring (bicyclic) bond motifs is 2. The molecule has 248 valence electrons.